The van der Waals surface area contributed by atoms with Crippen LogP contribution in [0.15, 0.2) is 42.5 Å². The molecule has 2 heterocycles. The van der Waals surface area contributed by atoms with Gasteiger partial charge < -0.3 is 14.4 Å². The van der Waals surface area contributed by atoms with Crippen LogP contribution in [-0.4, -0.2) is 50.0 Å². The highest BCUT2D eigenvalue weighted by Crippen LogP contribution is 2.47. The average Bonchev–Trinajstić information content (AvgIpc) is 2.72. The summed E-state index contributed by atoms with van der Waals surface area (Å²) in [5.74, 6) is 0.535. The van der Waals surface area contributed by atoms with Gasteiger partial charge in [0.05, 0.1) is 5.75 Å². The molecule has 6 nitrogen and oxygen atoms in total. The van der Waals surface area contributed by atoms with Crippen molar-refractivity contribution in [3.05, 3.63) is 53.6 Å². The highest BCUT2D eigenvalue weighted by Gasteiger charge is 2.44. The molecule has 0 N–H and O–H groups in total. The number of rotatable bonds is 3. The molecular weight excluding hydrogens is 457 g/mol. The molecule has 1 unspecified atom stereocenters. The van der Waals surface area contributed by atoms with Gasteiger partial charge in [-0.2, -0.15) is 0 Å². The lowest BCUT2D eigenvalue weighted by atomic mass is 9.82. The summed E-state index contributed by atoms with van der Waals surface area (Å²) in [5, 5.41) is 0. The quantitative estimate of drug-likeness (QED) is 0.572. The number of halogens is 1. The number of carbonyl (C=O) groups is 1. The topological polar surface area (TPSA) is 72.9 Å². The van der Waals surface area contributed by atoms with E-state index in [2.05, 4.69) is 0 Å². The maximum absolute atomic E-state index is 15.4. The molecule has 184 valence electrons. The number of hydrogen-bond acceptors (Lipinski definition) is 5. The van der Waals surface area contributed by atoms with Crippen LogP contribution in [0, 0.1) is 0 Å². The SMILES string of the molecule is CC(C)(C)OC(=O)N1CCC2(CC1)CC(F)c1cc(-c3ccc(CS(C)(=O)=O)cc3)ccc1O2. The number of amides is 1. The second-order valence-electron chi connectivity index (χ2n) is 10.4. The van der Waals surface area contributed by atoms with E-state index in [1.165, 1.54) is 6.26 Å². The van der Waals surface area contributed by atoms with Crippen molar-refractivity contribution in [3.8, 4) is 16.9 Å². The number of nitrogens with zero attached hydrogens (tertiary/aromatic N) is 1. The first kappa shape index (κ1) is 24.5. The molecule has 1 amide bonds. The third kappa shape index (κ3) is 5.71. The first-order valence-electron chi connectivity index (χ1n) is 11.5. The number of sulfone groups is 1. The van der Waals surface area contributed by atoms with Crippen molar-refractivity contribution in [2.24, 2.45) is 0 Å². The molecule has 0 aliphatic carbocycles. The first-order chi connectivity index (χ1) is 15.8. The molecule has 8 heteroatoms. The number of piperidine rings is 1. The third-order valence-electron chi connectivity index (χ3n) is 6.27. The summed E-state index contributed by atoms with van der Waals surface area (Å²) in [6.07, 6.45) is 1.05. The van der Waals surface area contributed by atoms with E-state index in [0.29, 0.717) is 37.2 Å². The Morgan fingerprint density at radius 1 is 1.12 bits per heavy atom. The first-order valence-corrected chi connectivity index (χ1v) is 13.6. The minimum Gasteiger partial charge on any atom is -0.487 e. The van der Waals surface area contributed by atoms with Crippen molar-refractivity contribution >= 4 is 15.9 Å². The zero-order valence-electron chi connectivity index (χ0n) is 20.1. The largest absolute Gasteiger partial charge is 0.487 e. The summed E-state index contributed by atoms with van der Waals surface area (Å²) in [6.45, 7) is 6.44. The van der Waals surface area contributed by atoms with Crippen LogP contribution in [0.5, 0.6) is 5.75 Å². The van der Waals surface area contributed by atoms with Crippen LogP contribution in [0.4, 0.5) is 9.18 Å². The summed E-state index contributed by atoms with van der Waals surface area (Å²) in [4.78, 5) is 14.0. The monoisotopic (exact) mass is 489 g/mol. The van der Waals surface area contributed by atoms with E-state index in [4.69, 9.17) is 9.47 Å². The van der Waals surface area contributed by atoms with Gasteiger partial charge in [-0.3, -0.25) is 0 Å². The van der Waals surface area contributed by atoms with E-state index in [1.807, 2.05) is 51.1 Å². The Kier molecular flexibility index (Phi) is 6.40. The van der Waals surface area contributed by atoms with Crippen molar-refractivity contribution < 1.29 is 27.1 Å². The predicted octanol–water partition coefficient (Wildman–Crippen LogP) is 5.46. The van der Waals surface area contributed by atoms with Crippen molar-refractivity contribution in [3.63, 3.8) is 0 Å². The average molecular weight is 490 g/mol. The number of alkyl halides is 1. The van der Waals surface area contributed by atoms with Crippen LogP contribution in [-0.2, 0) is 20.3 Å². The molecule has 0 saturated carbocycles. The Hall–Kier alpha value is -2.61. The Labute approximate surface area is 201 Å². The van der Waals surface area contributed by atoms with Crippen molar-refractivity contribution in [1.29, 1.82) is 0 Å². The third-order valence-corrected chi connectivity index (χ3v) is 7.13. The molecule has 0 radical (unpaired) electrons. The van der Waals surface area contributed by atoms with Gasteiger partial charge in [-0.15, -0.1) is 0 Å². The minimum absolute atomic E-state index is 0.00863. The molecule has 2 aliphatic heterocycles. The van der Waals surface area contributed by atoms with E-state index in [9.17, 15) is 13.2 Å². The standard InChI is InChI=1S/C26H32FNO5S/c1-25(2,3)33-24(29)28-13-11-26(12-14-28)16-22(27)21-15-20(9-10-23(21)32-26)19-7-5-18(6-8-19)17-34(4,30)31/h5-10,15,22H,11-14,16-17H2,1-4H3. The summed E-state index contributed by atoms with van der Waals surface area (Å²) in [7, 11) is -3.10. The van der Waals surface area contributed by atoms with Gasteiger partial charge in [0.15, 0.2) is 9.84 Å². The number of hydrogen-bond donors (Lipinski definition) is 0. The zero-order chi connectivity index (χ0) is 24.7. The van der Waals surface area contributed by atoms with Crippen LogP contribution in [0.3, 0.4) is 0 Å². The Bertz CT molecular complexity index is 1160. The Morgan fingerprint density at radius 3 is 2.32 bits per heavy atom. The van der Waals surface area contributed by atoms with Gasteiger partial charge in [-0.05, 0) is 49.6 Å². The number of likely N-dealkylation sites (tertiary alicyclic amines) is 1. The maximum Gasteiger partial charge on any atom is 0.410 e. The van der Waals surface area contributed by atoms with E-state index in [1.54, 1.807) is 17.0 Å². The van der Waals surface area contributed by atoms with Crippen LogP contribution >= 0.6 is 0 Å². The number of carbonyl (C=O) groups excluding carboxylic acids is 1. The molecule has 1 fully saturated rings. The van der Waals surface area contributed by atoms with Crippen molar-refractivity contribution in [1.82, 2.24) is 4.90 Å². The Balaban J connectivity index is 1.46. The van der Waals surface area contributed by atoms with Crippen LogP contribution in [0.25, 0.3) is 11.1 Å². The van der Waals surface area contributed by atoms with E-state index < -0.39 is 27.2 Å². The number of benzene rings is 2. The minimum atomic E-state index is -3.10. The number of fused-ring (bicyclic) bond motifs is 1. The fourth-order valence-electron chi connectivity index (χ4n) is 4.60. The second kappa shape index (κ2) is 8.87. The molecule has 1 atom stereocenters. The second-order valence-corrected chi connectivity index (χ2v) is 12.6. The van der Waals surface area contributed by atoms with Gasteiger partial charge in [0.1, 0.15) is 23.1 Å². The fourth-order valence-corrected chi connectivity index (χ4v) is 5.40. The maximum atomic E-state index is 15.4. The van der Waals surface area contributed by atoms with Gasteiger partial charge in [-0.1, -0.05) is 30.3 Å². The van der Waals surface area contributed by atoms with Crippen LogP contribution in [0.2, 0.25) is 0 Å². The molecule has 1 saturated heterocycles. The van der Waals surface area contributed by atoms with Crippen LogP contribution < -0.4 is 4.74 Å². The summed E-state index contributed by atoms with van der Waals surface area (Å²) >= 11 is 0. The van der Waals surface area contributed by atoms with Gasteiger partial charge in [-0.25, -0.2) is 17.6 Å². The highest BCUT2D eigenvalue weighted by atomic mass is 32.2. The molecule has 34 heavy (non-hydrogen) atoms. The molecule has 2 aliphatic rings. The zero-order valence-corrected chi connectivity index (χ0v) is 21.0. The fraction of sp³-hybridized carbons (Fsp3) is 0.500. The normalized spacial score (nSPS) is 19.9. The molecular formula is C26H32FNO5S. The lowest BCUT2D eigenvalue weighted by Crippen LogP contribution is -2.52. The van der Waals surface area contributed by atoms with Gasteiger partial charge in [0.25, 0.3) is 0 Å². The van der Waals surface area contributed by atoms with Crippen molar-refractivity contribution in [2.45, 2.75) is 63.2 Å². The molecule has 2 aromatic rings. The lowest BCUT2D eigenvalue weighted by Gasteiger charge is -2.45. The van der Waals surface area contributed by atoms with Gasteiger partial charge in [0, 0.05) is 44.2 Å². The summed E-state index contributed by atoms with van der Waals surface area (Å²) < 4.78 is 50.2. The molecule has 4 rings (SSSR count). The smallest absolute Gasteiger partial charge is 0.410 e. The van der Waals surface area contributed by atoms with Crippen molar-refractivity contribution in [2.75, 3.05) is 19.3 Å². The van der Waals surface area contributed by atoms with E-state index in [0.717, 1.165) is 16.7 Å². The molecule has 0 bridgehead atoms. The predicted molar refractivity (Wildman–Crippen MR) is 129 cm³/mol. The molecule has 2 aromatic carbocycles. The van der Waals surface area contributed by atoms with Gasteiger partial charge >= 0.3 is 6.09 Å². The summed E-state index contributed by atoms with van der Waals surface area (Å²) in [6, 6.07) is 12.8. The molecule has 1 spiro atoms. The highest BCUT2D eigenvalue weighted by molar-refractivity contribution is 7.89. The van der Waals surface area contributed by atoms with Crippen LogP contribution in [0.1, 0.15) is 57.3 Å². The summed E-state index contributed by atoms with van der Waals surface area (Å²) in [5.41, 5.74) is 1.81. The molecule has 0 aromatic heterocycles. The van der Waals surface area contributed by atoms with Gasteiger partial charge in [0.2, 0.25) is 0 Å². The van der Waals surface area contributed by atoms with E-state index >= 15 is 4.39 Å². The van der Waals surface area contributed by atoms with E-state index in [-0.39, 0.29) is 18.3 Å². The number of ether oxygens (including phenoxy) is 2. The lowest BCUT2D eigenvalue weighted by molar-refractivity contribution is -0.0433. The Morgan fingerprint density at radius 2 is 1.74 bits per heavy atom.